The summed E-state index contributed by atoms with van der Waals surface area (Å²) in [4.78, 5) is 19.7. The molecule has 1 fully saturated rings. The number of hydrogen-bond acceptors (Lipinski definition) is 5. The molecule has 2 N–H and O–H groups in total. The van der Waals surface area contributed by atoms with Crippen molar-refractivity contribution in [3.05, 3.63) is 54.0 Å². The average molecular weight is 479 g/mol. The number of fused-ring (bicyclic) bond motifs is 1. The molecular weight excluding hydrogens is 443 g/mol. The van der Waals surface area contributed by atoms with E-state index in [1.54, 1.807) is 19.4 Å². The third-order valence-electron chi connectivity index (χ3n) is 6.51. The molecule has 0 unspecified atom stereocenters. The van der Waals surface area contributed by atoms with Gasteiger partial charge in [0.25, 0.3) is 0 Å². The fourth-order valence-corrected chi connectivity index (χ4v) is 4.68. The zero-order chi connectivity index (χ0) is 24.6. The van der Waals surface area contributed by atoms with Gasteiger partial charge in [0.15, 0.2) is 0 Å². The summed E-state index contributed by atoms with van der Waals surface area (Å²) in [6.45, 7) is 5.26. The van der Waals surface area contributed by atoms with E-state index in [4.69, 9.17) is 4.74 Å². The van der Waals surface area contributed by atoms with Crippen molar-refractivity contribution < 1.29 is 13.9 Å². The molecule has 7 heteroatoms. The molecule has 6 nitrogen and oxygen atoms in total. The summed E-state index contributed by atoms with van der Waals surface area (Å²) in [6.07, 6.45) is 8.38. The fourth-order valence-electron chi connectivity index (χ4n) is 4.68. The van der Waals surface area contributed by atoms with Crippen molar-refractivity contribution in [1.29, 1.82) is 0 Å². The van der Waals surface area contributed by atoms with Crippen LogP contribution in [0.25, 0.3) is 10.8 Å². The van der Waals surface area contributed by atoms with E-state index in [1.165, 1.54) is 25.3 Å². The van der Waals surface area contributed by atoms with E-state index >= 15 is 0 Å². The molecule has 1 aliphatic heterocycles. The topological polar surface area (TPSA) is 66.5 Å². The van der Waals surface area contributed by atoms with Gasteiger partial charge in [-0.3, -0.25) is 4.79 Å². The molecular formula is C28H35FN4O2. The van der Waals surface area contributed by atoms with Crippen molar-refractivity contribution in [2.24, 2.45) is 0 Å². The highest BCUT2D eigenvalue weighted by Crippen LogP contribution is 2.34. The number of aromatic nitrogens is 1. The van der Waals surface area contributed by atoms with Crippen LogP contribution < -0.4 is 15.4 Å². The van der Waals surface area contributed by atoms with Gasteiger partial charge in [-0.05, 0) is 92.7 Å². The van der Waals surface area contributed by atoms with E-state index in [-0.39, 0.29) is 11.7 Å². The maximum Gasteiger partial charge on any atom is 0.224 e. The number of aryl methyl sites for hydroxylation is 1. The fraction of sp³-hybridized carbons (Fsp3) is 0.429. The highest BCUT2D eigenvalue weighted by Gasteiger charge is 2.14. The Kier molecular flexibility index (Phi) is 8.53. The minimum absolute atomic E-state index is 0.0270. The van der Waals surface area contributed by atoms with E-state index in [0.717, 1.165) is 48.9 Å². The summed E-state index contributed by atoms with van der Waals surface area (Å²) in [5, 5.41) is 8.13. The van der Waals surface area contributed by atoms with Crippen molar-refractivity contribution in [3.63, 3.8) is 0 Å². The van der Waals surface area contributed by atoms with Crippen LogP contribution in [0, 0.1) is 5.82 Å². The van der Waals surface area contributed by atoms with Crippen molar-refractivity contribution in [2.75, 3.05) is 37.4 Å². The van der Waals surface area contributed by atoms with Crippen molar-refractivity contribution in [1.82, 2.24) is 9.88 Å². The molecule has 1 amide bonds. The molecule has 2 aromatic carbocycles. The Bertz CT molecular complexity index is 1160. The molecule has 1 aliphatic rings. The second-order valence-electron chi connectivity index (χ2n) is 9.17. The van der Waals surface area contributed by atoms with E-state index < -0.39 is 0 Å². The Morgan fingerprint density at radius 3 is 2.74 bits per heavy atom. The summed E-state index contributed by atoms with van der Waals surface area (Å²) in [5.41, 5.74) is 2.07. The van der Waals surface area contributed by atoms with Crippen molar-refractivity contribution in [3.8, 4) is 5.75 Å². The number of ether oxygens (including phenoxy) is 1. The van der Waals surface area contributed by atoms with Gasteiger partial charge < -0.3 is 20.3 Å². The molecule has 0 radical (unpaired) electrons. The smallest absolute Gasteiger partial charge is 0.224 e. The van der Waals surface area contributed by atoms with Gasteiger partial charge in [0.2, 0.25) is 5.91 Å². The Balaban J connectivity index is 1.51. The van der Waals surface area contributed by atoms with Crippen LogP contribution in [0.1, 0.15) is 51.0 Å². The standard InChI is InChI=1S/C28H35FN4O2/c1-3-8-21-17-22(10-11-24(21)29)31-28-23-19-25(26(35-2)18-20(23)12-13-30-28)32-27(34)9-7-16-33-14-5-4-6-15-33/h10-13,17-19H,3-9,14-16H2,1-2H3,(H,30,31)(H,32,34). The highest BCUT2D eigenvalue weighted by atomic mass is 19.1. The molecule has 2 heterocycles. The molecule has 4 rings (SSSR count). The summed E-state index contributed by atoms with van der Waals surface area (Å²) in [5.74, 6) is 1.02. The summed E-state index contributed by atoms with van der Waals surface area (Å²) < 4.78 is 19.7. The second kappa shape index (κ2) is 12.0. The number of carbonyl (C=O) groups is 1. The number of likely N-dealkylation sites (tertiary alicyclic amines) is 1. The Morgan fingerprint density at radius 1 is 1.14 bits per heavy atom. The van der Waals surface area contributed by atoms with Crippen LogP contribution in [0.15, 0.2) is 42.6 Å². The molecule has 0 aliphatic carbocycles. The van der Waals surface area contributed by atoms with E-state index in [0.29, 0.717) is 35.7 Å². The van der Waals surface area contributed by atoms with Gasteiger partial charge >= 0.3 is 0 Å². The first-order valence-electron chi connectivity index (χ1n) is 12.6. The third kappa shape index (κ3) is 6.48. The number of rotatable bonds is 10. The number of halogens is 1. The predicted octanol–water partition coefficient (Wildman–Crippen LogP) is 6.28. The zero-order valence-corrected chi connectivity index (χ0v) is 20.7. The minimum Gasteiger partial charge on any atom is -0.495 e. The van der Waals surface area contributed by atoms with Gasteiger partial charge in [0, 0.05) is 23.7 Å². The van der Waals surface area contributed by atoms with Gasteiger partial charge in [-0.2, -0.15) is 0 Å². The molecule has 1 aromatic heterocycles. The van der Waals surface area contributed by atoms with Gasteiger partial charge in [-0.1, -0.05) is 19.8 Å². The number of nitrogens with zero attached hydrogens (tertiary/aromatic N) is 2. The molecule has 0 atom stereocenters. The number of amides is 1. The predicted molar refractivity (Wildman–Crippen MR) is 140 cm³/mol. The average Bonchev–Trinajstić information content (AvgIpc) is 2.87. The molecule has 1 saturated heterocycles. The van der Waals surface area contributed by atoms with Crippen LogP contribution in [-0.4, -0.2) is 42.5 Å². The summed E-state index contributed by atoms with van der Waals surface area (Å²) in [7, 11) is 1.60. The lowest BCUT2D eigenvalue weighted by molar-refractivity contribution is -0.116. The molecule has 0 saturated carbocycles. The molecule has 35 heavy (non-hydrogen) atoms. The van der Waals surface area contributed by atoms with Crippen LogP contribution in [0.2, 0.25) is 0 Å². The number of benzene rings is 2. The second-order valence-corrected chi connectivity index (χ2v) is 9.17. The normalized spacial score (nSPS) is 14.1. The minimum atomic E-state index is -0.196. The first-order chi connectivity index (χ1) is 17.1. The van der Waals surface area contributed by atoms with Gasteiger partial charge in [0.1, 0.15) is 17.4 Å². The van der Waals surface area contributed by atoms with Crippen molar-refractivity contribution >= 4 is 33.9 Å². The SMILES string of the molecule is CCCc1cc(Nc2nccc3cc(OC)c(NC(=O)CCCN4CCCCC4)cc23)ccc1F. The van der Waals surface area contributed by atoms with Crippen LogP contribution in [0.4, 0.5) is 21.6 Å². The first-order valence-corrected chi connectivity index (χ1v) is 12.6. The Morgan fingerprint density at radius 2 is 1.97 bits per heavy atom. The van der Waals surface area contributed by atoms with E-state index in [1.807, 2.05) is 31.2 Å². The number of carbonyl (C=O) groups excluding carboxylic acids is 1. The lowest BCUT2D eigenvalue weighted by Crippen LogP contribution is -2.31. The van der Waals surface area contributed by atoms with Crippen LogP contribution >= 0.6 is 0 Å². The summed E-state index contributed by atoms with van der Waals surface area (Å²) in [6, 6.07) is 10.7. The van der Waals surface area contributed by atoms with Crippen LogP contribution in [-0.2, 0) is 11.2 Å². The molecule has 186 valence electrons. The number of methoxy groups -OCH3 is 1. The Hall–Kier alpha value is -3.19. The van der Waals surface area contributed by atoms with Crippen molar-refractivity contribution in [2.45, 2.75) is 51.9 Å². The molecule has 3 aromatic rings. The largest absolute Gasteiger partial charge is 0.495 e. The van der Waals surface area contributed by atoms with E-state index in [9.17, 15) is 9.18 Å². The number of pyridine rings is 1. The zero-order valence-electron chi connectivity index (χ0n) is 20.7. The maximum absolute atomic E-state index is 14.1. The van der Waals surface area contributed by atoms with Gasteiger partial charge in [-0.15, -0.1) is 0 Å². The van der Waals surface area contributed by atoms with E-state index in [2.05, 4.69) is 20.5 Å². The number of piperidine rings is 1. The summed E-state index contributed by atoms with van der Waals surface area (Å²) >= 11 is 0. The first kappa shape index (κ1) is 24.9. The monoisotopic (exact) mass is 478 g/mol. The number of anilines is 3. The van der Waals surface area contributed by atoms with Crippen LogP contribution in [0.5, 0.6) is 5.75 Å². The van der Waals surface area contributed by atoms with Gasteiger partial charge in [-0.25, -0.2) is 9.37 Å². The quantitative estimate of drug-likeness (QED) is 0.359. The third-order valence-corrected chi connectivity index (χ3v) is 6.51. The Labute approximate surface area is 206 Å². The maximum atomic E-state index is 14.1. The van der Waals surface area contributed by atoms with Gasteiger partial charge in [0.05, 0.1) is 12.8 Å². The highest BCUT2D eigenvalue weighted by molar-refractivity contribution is 6.01. The molecule has 0 spiro atoms. The lowest BCUT2D eigenvalue weighted by Gasteiger charge is -2.26. The lowest BCUT2D eigenvalue weighted by atomic mass is 10.1. The van der Waals surface area contributed by atoms with Crippen LogP contribution in [0.3, 0.4) is 0 Å². The number of hydrogen-bond donors (Lipinski definition) is 2. The number of nitrogens with one attached hydrogen (secondary N) is 2. The molecule has 0 bridgehead atoms.